The highest BCUT2D eigenvalue weighted by Gasteiger charge is 2.61. The third-order valence-corrected chi connectivity index (χ3v) is 3.49. The molecular formula is C8H14N2. The van der Waals surface area contributed by atoms with E-state index in [-0.39, 0.29) is 0 Å². The highest BCUT2D eigenvalue weighted by atomic mass is 15.3. The van der Waals surface area contributed by atoms with Gasteiger partial charge in [0, 0.05) is 24.7 Å². The van der Waals surface area contributed by atoms with Crippen LogP contribution in [0.1, 0.15) is 19.3 Å². The molecule has 2 atom stereocenters. The van der Waals surface area contributed by atoms with Gasteiger partial charge >= 0.3 is 0 Å². The van der Waals surface area contributed by atoms with E-state index in [2.05, 4.69) is 10.2 Å². The van der Waals surface area contributed by atoms with E-state index in [9.17, 15) is 0 Å². The summed E-state index contributed by atoms with van der Waals surface area (Å²) in [5.41, 5.74) is 0.679. The summed E-state index contributed by atoms with van der Waals surface area (Å²) in [6.07, 6.45) is 4.34. The van der Waals surface area contributed by atoms with Gasteiger partial charge < -0.3 is 5.32 Å². The van der Waals surface area contributed by atoms with Crippen molar-refractivity contribution in [2.24, 2.45) is 0 Å². The van der Waals surface area contributed by atoms with Gasteiger partial charge in [0.25, 0.3) is 0 Å². The molecule has 0 amide bonds. The maximum Gasteiger partial charge on any atom is 0.0379 e. The van der Waals surface area contributed by atoms with Crippen LogP contribution >= 0.6 is 0 Å². The monoisotopic (exact) mass is 138 g/mol. The molecule has 1 unspecified atom stereocenters. The standard InChI is InChI=1S/C8H14N2/c1-2-8-6-7(8)9-3-5-10(8)4-1/h7,9H,1-6H2/t7-,8?/m1/s1. The smallest absolute Gasteiger partial charge is 0.0379 e. The van der Waals surface area contributed by atoms with Gasteiger partial charge in [-0.2, -0.15) is 0 Å². The fourth-order valence-corrected chi connectivity index (χ4v) is 2.85. The van der Waals surface area contributed by atoms with E-state index in [1.807, 2.05) is 0 Å². The summed E-state index contributed by atoms with van der Waals surface area (Å²) in [5, 5.41) is 3.58. The lowest BCUT2D eigenvalue weighted by Crippen LogP contribution is -2.47. The van der Waals surface area contributed by atoms with Crippen LogP contribution in [0.3, 0.4) is 0 Å². The van der Waals surface area contributed by atoms with E-state index in [0.29, 0.717) is 5.54 Å². The molecule has 0 radical (unpaired) electrons. The van der Waals surface area contributed by atoms with Gasteiger partial charge in [0.05, 0.1) is 0 Å². The Kier molecular flexibility index (Phi) is 0.868. The summed E-state index contributed by atoms with van der Waals surface area (Å²) in [7, 11) is 0. The summed E-state index contributed by atoms with van der Waals surface area (Å²) in [5.74, 6) is 0. The van der Waals surface area contributed by atoms with Crippen LogP contribution in [0.5, 0.6) is 0 Å². The average molecular weight is 138 g/mol. The maximum atomic E-state index is 3.58. The lowest BCUT2D eigenvalue weighted by Gasteiger charge is -2.29. The van der Waals surface area contributed by atoms with Crippen LogP contribution in [0.4, 0.5) is 0 Å². The minimum Gasteiger partial charge on any atom is -0.311 e. The van der Waals surface area contributed by atoms with Crippen LogP contribution < -0.4 is 5.32 Å². The van der Waals surface area contributed by atoms with Gasteiger partial charge in [0.15, 0.2) is 0 Å². The molecule has 1 N–H and O–H groups in total. The fraction of sp³-hybridized carbons (Fsp3) is 1.00. The van der Waals surface area contributed by atoms with Crippen molar-refractivity contribution in [3.05, 3.63) is 0 Å². The minimum absolute atomic E-state index is 0.679. The number of piperazine rings is 1. The highest BCUT2D eigenvalue weighted by Crippen LogP contribution is 2.50. The Morgan fingerprint density at radius 1 is 1.40 bits per heavy atom. The second kappa shape index (κ2) is 1.56. The molecule has 1 spiro atoms. The number of rotatable bonds is 0. The van der Waals surface area contributed by atoms with E-state index in [1.54, 1.807) is 0 Å². The lowest BCUT2D eigenvalue weighted by molar-refractivity contribution is 0.196. The van der Waals surface area contributed by atoms with E-state index >= 15 is 0 Å². The van der Waals surface area contributed by atoms with Gasteiger partial charge in [-0.15, -0.1) is 0 Å². The Labute approximate surface area is 61.6 Å². The van der Waals surface area contributed by atoms with Gasteiger partial charge in [-0.3, -0.25) is 4.90 Å². The number of nitrogens with zero attached hydrogens (tertiary/aromatic N) is 1. The molecule has 3 rings (SSSR count). The Balaban J connectivity index is 1.91. The molecule has 56 valence electrons. The molecule has 2 aliphatic heterocycles. The van der Waals surface area contributed by atoms with Crippen LogP contribution in [-0.2, 0) is 0 Å². The van der Waals surface area contributed by atoms with Crippen molar-refractivity contribution in [2.45, 2.75) is 30.8 Å². The quantitative estimate of drug-likeness (QED) is 0.514. The first-order valence-electron chi connectivity index (χ1n) is 4.40. The number of nitrogens with one attached hydrogen (secondary N) is 1. The SMILES string of the molecule is C1CN2CCN[C@@H]3CC32C1. The van der Waals surface area contributed by atoms with Gasteiger partial charge in [-0.25, -0.2) is 0 Å². The topological polar surface area (TPSA) is 15.3 Å². The first-order valence-corrected chi connectivity index (χ1v) is 4.40. The van der Waals surface area contributed by atoms with Crippen molar-refractivity contribution >= 4 is 0 Å². The zero-order chi connectivity index (χ0) is 6.60. The van der Waals surface area contributed by atoms with E-state index in [4.69, 9.17) is 0 Å². The molecule has 1 aliphatic carbocycles. The summed E-state index contributed by atoms with van der Waals surface area (Å²) in [6.45, 7) is 3.90. The number of hydrogen-bond donors (Lipinski definition) is 1. The molecule has 0 bridgehead atoms. The first-order chi connectivity index (χ1) is 4.92. The van der Waals surface area contributed by atoms with Gasteiger partial charge in [-0.05, 0) is 25.8 Å². The zero-order valence-corrected chi connectivity index (χ0v) is 6.27. The Bertz CT molecular complexity index is 169. The summed E-state index contributed by atoms with van der Waals surface area (Å²) in [4.78, 5) is 2.70. The predicted molar refractivity (Wildman–Crippen MR) is 39.9 cm³/mol. The second-order valence-electron chi connectivity index (χ2n) is 3.91. The molecule has 10 heavy (non-hydrogen) atoms. The summed E-state index contributed by atoms with van der Waals surface area (Å²) < 4.78 is 0. The normalized spacial score (nSPS) is 52.2. The summed E-state index contributed by atoms with van der Waals surface area (Å²) in [6, 6.07) is 0.878. The predicted octanol–water partition coefficient (Wildman–Crippen LogP) is 0.197. The molecular weight excluding hydrogens is 124 g/mol. The molecule has 2 nitrogen and oxygen atoms in total. The molecule has 0 aromatic carbocycles. The van der Waals surface area contributed by atoms with Crippen molar-refractivity contribution in [2.75, 3.05) is 19.6 Å². The van der Waals surface area contributed by atoms with Crippen molar-refractivity contribution in [1.82, 2.24) is 10.2 Å². The Morgan fingerprint density at radius 3 is 3.30 bits per heavy atom. The largest absolute Gasteiger partial charge is 0.311 e. The van der Waals surface area contributed by atoms with Crippen LogP contribution in [0, 0.1) is 0 Å². The molecule has 3 aliphatic rings. The summed E-state index contributed by atoms with van der Waals surface area (Å²) >= 11 is 0. The minimum atomic E-state index is 0.679. The third kappa shape index (κ3) is 0.487. The average Bonchev–Trinajstić information content (AvgIpc) is 2.51. The Hall–Kier alpha value is -0.0800. The molecule has 3 fully saturated rings. The van der Waals surface area contributed by atoms with Gasteiger partial charge in [0.1, 0.15) is 0 Å². The van der Waals surface area contributed by atoms with Crippen LogP contribution in [0.15, 0.2) is 0 Å². The first kappa shape index (κ1) is 5.56. The molecule has 1 saturated carbocycles. The van der Waals surface area contributed by atoms with Crippen molar-refractivity contribution in [3.8, 4) is 0 Å². The van der Waals surface area contributed by atoms with Gasteiger partial charge in [0.2, 0.25) is 0 Å². The van der Waals surface area contributed by atoms with Crippen LogP contribution in [0.25, 0.3) is 0 Å². The van der Waals surface area contributed by atoms with Crippen molar-refractivity contribution < 1.29 is 0 Å². The Morgan fingerprint density at radius 2 is 2.40 bits per heavy atom. The van der Waals surface area contributed by atoms with Crippen molar-refractivity contribution in [3.63, 3.8) is 0 Å². The molecule has 0 aromatic rings. The van der Waals surface area contributed by atoms with E-state index in [0.717, 1.165) is 6.04 Å². The third-order valence-electron chi connectivity index (χ3n) is 3.49. The van der Waals surface area contributed by atoms with Gasteiger partial charge in [-0.1, -0.05) is 0 Å². The molecule has 2 heteroatoms. The molecule has 2 saturated heterocycles. The van der Waals surface area contributed by atoms with Crippen molar-refractivity contribution in [1.29, 1.82) is 0 Å². The highest BCUT2D eigenvalue weighted by molar-refractivity contribution is 5.21. The number of hydrogen-bond acceptors (Lipinski definition) is 2. The molecule has 0 aromatic heterocycles. The lowest BCUT2D eigenvalue weighted by atomic mass is 10.1. The maximum absolute atomic E-state index is 3.58. The molecule has 2 heterocycles. The van der Waals surface area contributed by atoms with E-state index in [1.165, 1.54) is 38.9 Å². The van der Waals surface area contributed by atoms with E-state index < -0.39 is 0 Å². The zero-order valence-electron chi connectivity index (χ0n) is 6.27. The van der Waals surface area contributed by atoms with Crippen LogP contribution in [-0.4, -0.2) is 36.1 Å². The van der Waals surface area contributed by atoms with Crippen LogP contribution in [0.2, 0.25) is 0 Å². The second-order valence-corrected chi connectivity index (χ2v) is 3.91. The fourth-order valence-electron chi connectivity index (χ4n) is 2.85.